The first kappa shape index (κ1) is 7.03. The summed E-state index contributed by atoms with van der Waals surface area (Å²) in [5, 5.41) is 8.55. The third-order valence-corrected chi connectivity index (χ3v) is 1.71. The quantitative estimate of drug-likeness (QED) is 0.574. The molecular weight excluding hydrogens is 116 g/mol. The van der Waals surface area contributed by atoms with E-state index in [4.69, 9.17) is 9.84 Å². The van der Waals surface area contributed by atoms with Crippen LogP contribution in [0.1, 0.15) is 26.2 Å². The molecule has 0 aromatic rings. The first-order chi connectivity index (χ1) is 4.38. The van der Waals surface area contributed by atoms with Crippen LogP contribution in [0.2, 0.25) is 0 Å². The fraction of sp³-hybridized carbons (Fsp3) is 1.00. The average Bonchev–Trinajstić information content (AvgIpc) is 2.62. The van der Waals surface area contributed by atoms with Gasteiger partial charge in [-0.25, -0.2) is 0 Å². The van der Waals surface area contributed by atoms with Crippen molar-refractivity contribution in [3.63, 3.8) is 0 Å². The zero-order valence-corrected chi connectivity index (χ0v) is 5.84. The van der Waals surface area contributed by atoms with Gasteiger partial charge in [0.05, 0.1) is 12.7 Å². The lowest BCUT2D eigenvalue weighted by Crippen LogP contribution is -1.98. The van der Waals surface area contributed by atoms with Crippen LogP contribution in [0.4, 0.5) is 0 Å². The van der Waals surface area contributed by atoms with Crippen molar-refractivity contribution < 1.29 is 9.84 Å². The number of hydrogen-bond acceptors (Lipinski definition) is 2. The highest BCUT2D eigenvalue weighted by Crippen LogP contribution is 2.25. The molecule has 1 heterocycles. The molecule has 2 nitrogen and oxygen atoms in total. The van der Waals surface area contributed by atoms with E-state index in [2.05, 4.69) is 6.92 Å². The molecule has 0 spiro atoms. The molecule has 1 saturated heterocycles. The van der Waals surface area contributed by atoms with Crippen molar-refractivity contribution in [3.05, 3.63) is 0 Å². The molecule has 0 aliphatic carbocycles. The van der Waals surface area contributed by atoms with Gasteiger partial charge in [0.15, 0.2) is 0 Å². The van der Waals surface area contributed by atoms with Crippen LogP contribution in [0, 0.1) is 0 Å². The molecule has 0 amide bonds. The molecule has 1 unspecified atom stereocenters. The fourth-order valence-corrected chi connectivity index (χ4v) is 0.999. The van der Waals surface area contributed by atoms with Crippen LogP contribution in [0.25, 0.3) is 0 Å². The maximum absolute atomic E-state index is 8.55. The minimum Gasteiger partial charge on any atom is -0.394 e. The molecule has 0 aromatic heterocycles. The van der Waals surface area contributed by atoms with E-state index in [0.717, 1.165) is 6.42 Å². The van der Waals surface area contributed by atoms with Crippen molar-refractivity contribution in [2.75, 3.05) is 6.61 Å². The van der Waals surface area contributed by atoms with Crippen molar-refractivity contribution in [1.29, 1.82) is 0 Å². The van der Waals surface area contributed by atoms with Gasteiger partial charge in [0.1, 0.15) is 6.10 Å². The molecule has 9 heavy (non-hydrogen) atoms. The third kappa shape index (κ3) is 1.95. The average molecular weight is 130 g/mol. The van der Waals surface area contributed by atoms with Gasteiger partial charge in [-0.2, -0.15) is 0 Å². The van der Waals surface area contributed by atoms with Gasteiger partial charge < -0.3 is 9.84 Å². The number of aliphatic hydroxyl groups excluding tert-OH is 1. The number of rotatable bonds is 4. The molecule has 1 rings (SSSR count). The predicted octanol–water partition coefficient (Wildman–Crippen LogP) is 0.936. The Morgan fingerprint density at radius 1 is 1.44 bits per heavy atom. The highest BCUT2D eigenvalue weighted by Gasteiger charge is 2.36. The van der Waals surface area contributed by atoms with Gasteiger partial charge in [0.25, 0.3) is 0 Å². The summed E-state index contributed by atoms with van der Waals surface area (Å²) in [4.78, 5) is 0. The second-order valence-corrected chi connectivity index (χ2v) is 2.54. The van der Waals surface area contributed by atoms with E-state index in [1.165, 1.54) is 12.8 Å². The Balaban J connectivity index is 1.92. The molecule has 1 aliphatic heterocycles. The lowest BCUT2D eigenvalue weighted by molar-refractivity contribution is 0.241. The zero-order valence-electron chi connectivity index (χ0n) is 5.84. The van der Waals surface area contributed by atoms with Gasteiger partial charge in [-0.1, -0.05) is 19.8 Å². The number of hydrogen-bond donors (Lipinski definition) is 1. The van der Waals surface area contributed by atoms with E-state index in [-0.39, 0.29) is 12.7 Å². The van der Waals surface area contributed by atoms with Crippen LogP contribution >= 0.6 is 0 Å². The molecule has 1 aliphatic rings. The van der Waals surface area contributed by atoms with Crippen molar-refractivity contribution in [2.24, 2.45) is 0 Å². The zero-order chi connectivity index (χ0) is 6.69. The fourth-order valence-electron chi connectivity index (χ4n) is 0.999. The van der Waals surface area contributed by atoms with E-state index in [1.54, 1.807) is 0 Å². The van der Waals surface area contributed by atoms with Crippen LogP contribution < -0.4 is 0 Å². The third-order valence-electron chi connectivity index (χ3n) is 1.71. The monoisotopic (exact) mass is 130 g/mol. The second-order valence-electron chi connectivity index (χ2n) is 2.54. The number of unbranched alkanes of at least 4 members (excludes halogenated alkanes) is 1. The summed E-state index contributed by atoms with van der Waals surface area (Å²) in [6.45, 7) is 2.37. The maximum atomic E-state index is 8.55. The highest BCUT2D eigenvalue weighted by molar-refractivity contribution is 4.83. The molecule has 2 heteroatoms. The molecule has 0 radical (unpaired) electrons. The van der Waals surface area contributed by atoms with E-state index in [0.29, 0.717) is 6.10 Å². The van der Waals surface area contributed by atoms with Gasteiger partial charge in [-0.3, -0.25) is 0 Å². The van der Waals surface area contributed by atoms with E-state index >= 15 is 0 Å². The minimum absolute atomic E-state index is 0.177. The number of aliphatic hydroxyl groups is 1. The summed E-state index contributed by atoms with van der Waals surface area (Å²) in [6, 6.07) is 0. The van der Waals surface area contributed by atoms with Crippen molar-refractivity contribution >= 4 is 0 Å². The Morgan fingerprint density at radius 2 is 2.22 bits per heavy atom. The molecule has 1 N–H and O–H groups in total. The molecule has 0 aromatic carbocycles. The standard InChI is InChI=1S/C7H14O2/c1-2-3-4-6-7(5-8)9-6/h6-8H,2-5H2,1H3/t6?,7-/m1/s1. The topological polar surface area (TPSA) is 32.8 Å². The summed E-state index contributed by atoms with van der Waals surface area (Å²) in [5.41, 5.74) is 0. The first-order valence-corrected chi connectivity index (χ1v) is 3.64. The van der Waals surface area contributed by atoms with Crippen LogP contribution in [-0.4, -0.2) is 23.9 Å². The van der Waals surface area contributed by atoms with Crippen LogP contribution in [-0.2, 0) is 4.74 Å². The molecule has 54 valence electrons. The van der Waals surface area contributed by atoms with Gasteiger partial charge in [-0.05, 0) is 6.42 Å². The highest BCUT2D eigenvalue weighted by atomic mass is 16.6. The molecule has 2 atom stereocenters. The summed E-state index contributed by atoms with van der Waals surface area (Å²) in [7, 11) is 0. The normalized spacial score (nSPS) is 32.7. The van der Waals surface area contributed by atoms with E-state index < -0.39 is 0 Å². The SMILES string of the molecule is CCCCC1O[C@@H]1CO. The van der Waals surface area contributed by atoms with E-state index in [1.807, 2.05) is 0 Å². The van der Waals surface area contributed by atoms with Gasteiger partial charge >= 0.3 is 0 Å². The second kappa shape index (κ2) is 3.18. The minimum atomic E-state index is 0.177. The Hall–Kier alpha value is -0.0800. The lowest BCUT2D eigenvalue weighted by atomic mass is 10.2. The van der Waals surface area contributed by atoms with Crippen LogP contribution in [0.5, 0.6) is 0 Å². The number of epoxide rings is 1. The largest absolute Gasteiger partial charge is 0.394 e. The Morgan fingerprint density at radius 3 is 2.67 bits per heavy atom. The summed E-state index contributed by atoms with van der Waals surface area (Å²) in [5.74, 6) is 0. The van der Waals surface area contributed by atoms with Crippen molar-refractivity contribution in [3.8, 4) is 0 Å². The van der Waals surface area contributed by atoms with Crippen molar-refractivity contribution in [1.82, 2.24) is 0 Å². The Labute approximate surface area is 55.8 Å². The summed E-state index contributed by atoms with van der Waals surface area (Å²) >= 11 is 0. The first-order valence-electron chi connectivity index (χ1n) is 3.64. The van der Waals surface area contributed by atoms with Gasteiger partial charge in [0.2, 0.25) is 0 Å². The van der Waals surface area contributed by atoms with Gasteiger partial charge in [0, 0.05) is 0 Å². The Bertz CT molecular complexity index is 83.0. The molecule has 0 bridgehead atoms. The smallest absolute Gasteiger partial charge is 0.107 e. The van der Waals surface area contributed by atoms with Gasteiger partial charge in [-0.15, -0.1) is 0 Å². The van der Waals surface area contributed by atoms with Crippen LogP contribution in [0.15, 0.2) is 0 Å². The summed E-state index contributed by atoms with van der Waals surface area (Å²) < 4.78 is 5.12. The molecular formula is C7H14O2. The van der Waals surface area contributed by atoms with Crippen LogP contribution in [0.3, 0.4) is 0 Å². The Kier molecular flexibility index (Phi) is 2.49. The predicted molar refractivity (Wildman–Crippen MR) is 35.3 cm³/mol. The molecule has 1 fully saturated rings. The number of ether oxygens (including phenoxy) is 1. The maximum Gasteiger partial charge on any atom is 0.107 e. The van der Waals surface area contributed by atoms with Crippen molar-refractivity contribution in [2.45, 2.75) is 38.4 Å². The lowest BCUT2D eigenvalue weighted by Gasteiger charge is -1.88. The summed E-state index contributed by atoms with van der Waals surface area (Å²) in [6.07, 6.45) is 4.13. The van der Waals surface area contributed by atoms with E-state index in [9.17, 15) is 0 Å². The molecule has 0 saturated carbocycles.